The predicted molar refractivity (Wildman–Crippen MR) is 68.7 cm³/mol. The average molecular weight is 234 g/mol. The second-order valence-corrected chi connectivity index (χ2v) is 4.90. The van der Waals surface area contributed by atoms with Crippen molar-refractivity contribution in [3.8, 4) is 0 Å². The van der Waals surface area contributed by atoms with Crippen LogP contribution in [-0.4, -0.2) is 41.5 Å². The van der Waals surface area contributed by atoms with Gasteiger partial charge in [-0.1, -0.05) is 0 Å². The molecule has 1 fully saturated rings. The Bertz CT molecular complexity index is 351. The van der Waals surface area contributed by atoms with E-state index in [1.165, 1.54) is 25.9 Å². The molecule has 94 valence electrons. The molecule has 2 heterocycles. The number of rotatable bonds is 4. The van der Waals surface area contributed by atoms with Gasteiger partial charge in [0, 0.05) is 19.3 Å². The molecule has 1 aromatic rings. The molecule has 1 aromatic heterocycles. The summed E-state index contributed by atoms with van der Waals surface area (Å²) in [5.41, 5.74) is 1.14. The second kappa shape index (κ2) is 6.07. The molecule has 0 amide bonds. The minimum atomic E-state index is 0.789. The van der Waals surface area contributed by atoms with Gasteiger partial charge in [0.25, 0.3) is 0 Å². The van der Waals surface area contributed by atoms with Gasteiger partial charge in [-0.15, -0.1) is 0 Å². The molecule has 1 aliphatic heterocycles. The highest BCUT2D eigenvalue weighted by Crippen LogP contribution is 2.17. The van der Waals surface area contributed by atoms with Crippen molar-refractivity contribution < 1.29 is 0 Å². The summed E-state index contributed by atoms with van der Waals surface area (Å²) in [5.74, 6) is 1.66. The lowest BCUT2D eigenvalue weighted by molar-refractivity contribution is 0.165. The van der Waals surface area contributed by atoms with E-state index in [2.05, 4.69) is 20.2 Å². The molecule has 0 bridgehead atoms. The number of hydrogen-bond donors (Lipinski definition) is 1. The maximum Gasteiger partial charge on any atom is 0.125 e. The van der Waals surface area contributed by atoms with Gasteiger partial charge in [-0.3, -0.25) is 4.90 Å². The van der Waals surface area contributed by atoms with E-state index in [4.69, 9.17) is 0 Å². The van der Waals surface area contributed by atoms with Gasteiger partial charge >= 0.3 is 0 Å². The lowest BCUT2D eigenvalue weighted by Gasteiger charge is -2.32. The van der Waals surface area contributed by atoms with Crippen LogP contribution in [0.4, 0.5) is 0 Å². The second-order valence-electron chi connectivity index (χ2n) is 4.90. The summed E-state index contributed by atoms with van der Waals surface area (Å²) in [4.78, 5) is 11.1. The number of aryl methyl sites for hydroxylation is 1. The van der Waals surface area contributed by atoms with Gasteiger partial charge in [0.15, 0.2) is 0 Å². The summed E-state index contributed by atoms with van der Waals surface area (Å²) >= 11 is 0. The molecule has 0 saturated carbocycles. The van der Waals surface area contributed by atoms with E-state index in [-0.39, 0.29) is 0 Å². The van der Waals surface area contributed by atoms with Crippen molar-refractivity contribution in [2.45, 2.75) is 26.3 Å². The van der Waals surface area contributed by atoms with Gasteiger partial charge < -0.3 is 5.32 Å². The van der Waals surface area contributed by atoms with Gasteiger partial charge in [-0.05, 0) is 51.9 Å². The van der Waals surface area contributed by atoms with Crippen LogP contribution >= 0.6 is 0 Å². The summed E-state index contributed by atoms with van der Waals surface area (Å²) < 4.78 is 0. The summed E-state index contributed by atoms with van der Waals surface area (Å²) in [6.45, 7) is 6.42. The zero-order valence-electron chi connectivity index (χ0n) is 10.8. The molecule has 0 aliphatic carbocycles. The van der Waals surface area contributed by atoms with E-state index in [0.717, 1.165) is 30.5 Å². The third-order valence-corrected chi connectivity index (χ3v) is 3.32. The fraction of sp³-hybridized carbons (Fsp3) is 0.692. The molecule has 1 aliphatic rings. The fourth-order valence-electron chi connectivity index (χ4n) is 2.57. The monoisotopic (exact) mass is 234 g/mol. The highest BCUT2D eigenvalue weighted by atomic mass is 15.1. The first-order chi connectivity index (χ1) is 8.28. The maximum atomic E-state index is 4.47. The number of hydrogen-bond acceptors (Lipinski definition) is 4. The molecule has 4 heteroatoms. The van der Waals surface area contributed by atoms with E-state index in [1.807, 2.05) is 26.2 Å². The smallest absolute Gasteiger partial charge is 0.125 e. The lowest BCUT2D eigenvalue weighted by atomic mass is 9.98. The van der Waals surface area contributed by atoms with Crippen molar-refractivity contribution in [3.05, 3.63) is 23.8 Å². The lowest BCUT2D eigenvalue weighted by Crippen LogP contribution is -2.38. The molecule has 4 nitrogen and oxygen atoms in total. The molecular formula is C13H22N4. The third-order valence-electron chi connectivity index (χ3n) is 3.32. The minimum Gasteiger partial charge on any atom is -0.319 e. The molecule has 1 unspecified atom stereocenters. The molecule has 0 spiro atoms. The Morgan fingerprint density at radius 3 is 3.18 bits per heavy atom. The van der Waals surface area contributed by atoms with Crippen LogP contribution in [0.3, 0.4) is 0 Å². The highest BCUT2D eigenvalue weighted by molar-refractivity contribution is 5.01. The summed E-state index contributed by atoms with van der Waals surface area (Å²) in [6, 6.07) is 2.02. The van der Waals surface area contributed by atoms with Crippen molar-refractivity contribution in [1.82, 2.24) is 20.2 Å². The summed E-state index contributed by atoms with van der Waals surface area (Å²) in [5, 5.41) is 3.28. The topological polar surface area (TPSA) is 41.0 Å². The molecule has 1 saturated heterocycles. The van der Waals surface area contributed by atoms with Gasteiger partial charge in [-0.2, -0.15) is 0 Å². The van der Waals surface area contributed by atoms with Crippen molar-refractivity contribution in [3.63, 3.8) is 0 Å². The predicted octanol–water partition coefficient (Wildman–Crippen LogP) is 1.22. The third kappa shape index (κ3) is 3.75. The van der Waals surface area contributed by atoms with Crippen molar-refractivity contribution in [2.24, 2.45) is 5.92 Å². The molecule has 1 atom stereocenters. The van der Waals surface area contributed by atoms with E-state index >= 15 is 0 Å². The largest absolute Gasteiger partial charge is 0.319 e. The van der Waals surface area contributed by atoms with Crippen LogP contribution in [0.15, 0.2) is 12.3 Å². The van der Waals surface area contributed by atoms with Gasteiger partial charge in [0.05, 0.1) is 5.69 Å². The van der Waals surface area contributed by atoms with E-state index in [0.29, 0.717) is 0 Å². The molecule has 0 aromatic carbocycles. The Morgan fingerprint density at radius 1 is 1.53 bits per heavy atom. The minimum absolute atomic E-state index is 0.789. The van der Waals surface area contributed by atoms with Crippen LogP contribution in [0.1, 0.15) is 24.4 Å². The first-order valence-corrected chi connectivity index (χ1v) is 6.43. The number of nitrogens with one attached hydrogen (secondary N) is 1. The quantitative estimate of drug-likeness (QED) is 0.850. The Labute approximate surface area is 103 Å². The van der Waals surface area contributed by atoms with Gasteiger partial charge in [-0.25, -0.2) is 9.97 Å². The van der Waals surface area contributed by atoms with Crippen LogP contribution in [0.2, 0.25) is 0 Å². The number of aromatic nitrogens is 2. The molecule has 2 rings (SSSR count). The van der Waals surface area contributed by atoms with Crippen LogP contribution in [-0.2, 0) is 6.54 Å². The average Bonchev–Trinajstić information content (AvgIpc) is 2.30. The summed E-state index contributed by atoms with van der Waals surface area (Å²) in [6.07, 6.45) is 4.50. The molecule has 1 N–H and O–H groups in total. The number of piperidine rings is 1. The van der Waals surface area contributed by atoms with E-state index < -0.39 is 0 Å². The van der Waals surface area contributed by atoms with Gasteiger partial charge in [0.1, 0.15) is 5.82 Å². The summed E-state index contributed by atoms with van der Waals surface area (Å²) in [7, 11) is 2.03. The Kier molecular flexibility index (Phi) is 4.45. The van der Waals surface area contributed by atoms with Gasteiger partial charge in [0.2, 0.25) is 0 Å². The van der Waals surface area contributed by atoms with Crippen molar-refractivity contribution >= 4 is 0 Å². The van der Waals surface area contributed by atoms with Crippen LogP contribution in [0.5, 0.6) is 0 Å². The first-order valence-electron chi connectivity index (χ1n) is 6.43. The highest BCUT2D eigenvalue weighted by Gasteiger charge is 2.19. The molecule has 0 radical (unpaired) electrons. The van der Waals surface area contributed by atoms with E-state index in [1.54, 1.807) is 0 Å². The number of likely N-dealkylation sites (tertiary alicyclic amines) is 1. The Morgan fingerprint density at radius 2 is 2.41 bits per heavy atom. The zero-order chi connectivity index (χ0) is 12.1. The maximum absolute atomic E-state index is 4.47. The van der Waals surface area contributed by atoms with Crippen molar-refractivity contribution in [1.29, 1.82) is 0 Å². The fourth-order valence-corrected chi connectivity index (χ4v) is 2.57. The number of nitrogens with zero attached hydrogens (tertiary/aromatic N) is 3. The van der Waals surface area contributed by atoms with Crippen LogP contribution in [0.25, 0.3) is 0 Å². The zero-order valence-corrected chi connectivity index (χ0v) is 10.8. The SMILES string of the molecule is CNCC1CCCN(Cc2ccnc(C)n2)C1. The van der Waals surface area contributed by atoms with E-state index in [9.17, 15) is 0 Å². The normalized spacial score (nSPS) is 21.6. The molecular weight excluding hydrogens is 212 g/mol. The van der Waals surface area contributed by atoms with Crippen LogP contribution < -0.4 is 5.32 Å². The van der Waals surface area contributed by atoms with Crippen molar-refractivity contribution in [2.75, 3.05) is 26.7 Å². The Balaban J connectivity index is 1.90. The molecule has 17 heavy (non-hydrogen) atoms. The standard InChI is InChI=1S/C13H22N4/c1-11-15-6-5-13(16-11)10-17-7-3-4-12(9-17)8-14-2/h5-6,12,14H,3-4,7-10H2,1-2H3. The van der Waals surface area contributed by atoms with Crippen LogP contribution in [0, 0.1) is 12.8 Å². The first kappa shape index (κ1) is 12.5. The Hall–Kier alpha value is -1.00.